The Morgan fingerprint density at radius 1 is 0.931 bits per heavy atom. The van der Waals surface area contributed by atoms with Gasteiger partial charge in [-0.3, -0.25) is 0 Å². The van der Waals surface area contributed by atoms with Crippen LogP contribution in [0, 0.1) is 0 Å². The lowest BCUT2D eigenvalue weighted by atomic mass is 10.0. The Bertz CT molecular complexity index is 535. The second-order valence-corrected chi connectivity index (χ2v) is 8.58. The minimum atomic E-state index is 0.189. The molecule has 5 heteroatoms. The van der Waals surface area contributed by atoms with E-state index in [2.05, 4.69) is 22.2 Å². The quantitative estimate of drug-likeness (QED) is 0.296. The highest BCUT2D eigenvalue weighted by Gasteiger charge is 2.17. The average Bonchev–Trinajstić information content (AvgIpc) is 2.69. The summed E-state index contributed by atoms with van der Waals surface area (Å²) >= 11 is 0. The van der Waals surface area contributed by atoms with Crippen molar-refractivity contribution in [3.63, 3.8) is 0 Å². The van der Waals surface area contributed by atoms with Crippen LogP contribution in [0.1, 0.15) is 109 Å². The number of unbranched alkanes of at least 4 members (excludes halogenated alkanes) is 13. The summed E-state index contributed by atoms with van der Waals surface area (Å²) in [7, 11) is 0. The number of aromatic nitrogens is 2. The maximum absolute atomic E-state index is 9.98. The summed E-state index contributed by atoms with van der Waals surface area (Å²) in [6.45, 7) is 3.94. The molecule has 1 aliphatic heterocycles. The first-order chi connectivity index (χ1) is 14.3. The summed E-state index contributed by atoms with van der Waals surface area (Å²) in [5, 5.41) is 13.3. The van der Waals surface area contributed by atoms with Crippen molar-refractivity contribution in [3.05, 3.63) is 11.9 Å². The minimum absolute atomic E-state index is 0.189. The van der Waals surface area contributed by atoms with Crippen molar-refractivity contribution in [2.75, 3.05) is 13.2 Å². The Kier molecular flexibility index (Phi) is 12.8. The highest BCUT2D eigenvalue weighted by molar-refractivity contribution is 5.24. The van der Waals surface area contributed by atoms with Gasteiger partial charge in [0.1, 0.15) is 6.61 Å². The van der Waals surface area contributed by atoms with E-state index in [4.69, 9.17) is 4.74 Å². The van der Waals surface area contributed by atoms with Crippen LogP contribution in [-0.2, 0) is 6.42 Å². The molecule has 5 nitrogen and oxygen atoms in total. The summed E-state index contributed by atoms with van der Waals surface area (Å²) in [5.41, 5.74) is 0.718. The number of aromatic hydroxyl groups is 1. The standard InChI is InChI=1S/C24H43N3O2/c1-2-3-4-5-6-7-8-9-10-11-12-13-14-15-16-22-23(28)19-26-24(27-22)29-20-21-17-18-25-21/h19,21,25,28H,2-18,20H2,1H3. The van der Waals surface area contributed by atoms with Gasteiger partial charge in [-0.05, 0) is 25.8 Å². The van der Waals surface area contributed by atoms with Crippen LogP contribution in [0.4, 0.5) is 0 Å². The van der Waals surface area contributed by atoms with Gasteiger partial charge in [0.2, 0.25) is 0 Å². The van der Waals surface area contributed by atoms with E-state index in [0.29, 0.717) is 18.7 Å². The number of nitrogens with zero attached hydrogens (tertiary/aromatic N) is 2. The van der Waals surface area contributed by atoms with Gasteiger partial charge in [-0.25, -0.2) is 0 Å². The third kappa shape index (κ3) is 10.8. The van der Waals surface area contributed by atoms with Gasteiger partial charge in [0.05, 0.1) is 11.9 Å². The molecule has 0 amide bonds. The van der Waals surface area contributed by atoms with E-state index in [1.807, 2.05) is 0 Å². The molecule has 166 valence electrons. The lowest BCUT2D eigenvalue weighted by Crippen LogP contribution is -2.46. The van der Waals surface area contributed by atoms with Gasteiger partial charge in [-0.2, -0.15) is 9.97 Å². The van der Waals surface area contributed by atoms with Gasteiger partial charge in [0.15, 0.2) is 5.75 Å². The van der Waals surface area contributed by atoms with Gasteiger partial charge in [-0.1, -0.05) is 90.4 Å². The highest BCUT2D eigenvalue weighted by Crippen LogP contribution is 2.20. The van der Waals surface area contributed by atoms with E-state index < -0.39 is 0 Å². The number of ether oxygens (including phenoxy) is 1. The van der Waals surface area contributed by atoms with Gasteiger partial charge in [0.25, 0.3) is 0 Å². The van der Waals surface area contributed by atoms with Crippen molar-refractivity contribution in [3.8, 4) is 11.8 Å². The second kappa shape index (κ2) is 15.5. The van der Waals surface area contributed by atoms with E-state index >= 15 is 0 Å². The van der Waals surface area contributed by atoms with E-state index in [1.165, 1.54) is 89.7 Å². The molecule has 0 aromatic carbocycles. The van der Waals surface area contributed by atoms with Crippen LogP contribution < -0.4 is 10.1 Å². The van der Waals surface area contributed by atoms with Crippen molar-refractivity contribution < 1.29 is 9.84 Å². The van der Waals surface area contributed by atoms with E-state index in [0.717, 1.165) is 31.5 Å². The normalized spacial score (nSPS) is 16.0. The lowest BCUT2D eigenvalue weighted by molar-refractivity contribution is 0.203. The second-order valence-electron chi connectivity index (χ2n) is 8.58. The van der Waals surface area contributed by atoms with Crippen LogP contribution in [0.5, 0.6) is 11.8 Å². The first-order valence-electron chi connectivity index (χ1n) is 12.2. The van der Waals surface area contributed by atoms with Gasteiger partial charge in [0, 0.05) is 6.04 Å². The fraction of sp³-hybridized carbons (Fsp3) is 0.833. The number of hydrogen-bond donors (Lipinski definition) is 2. The third-order valence-corrected chi connectivity index (χ3v) is 5.93. The summed E-state index contributed by atoms with van der Waals surface area (Å²) in [5.74, 6) is 0.189. The molecule has 1 aliphatic rings. The Balaban J connectivity index is 1.43. The van der Waals surface area contributed by atoms with Crippen LogP contribution in [0.25, 0.3) is 0 Å². The van der Waals surface area contributed by atoms with Crippen LogP contribution >= 0.6 is 0 Å². The van der Waals surface area contributed by atoms with Crippen molar-refractivity contribution in [2.45, 2.75) is 116 Å². The molecule has 0 bridgehead atoms. The van der Waals surface area contributed by atoms with Gasteiger partial charge >= 0.3 is 6.01 Å². The molecule has 1 aromatic heterocycles. The Hall–Kier alpha value is -1.36. The van der Waals surface area contributed by atoms with Crippen LogP contribution in [0.15, 0.2) is 6.20 Å². The Morgan fingerprint density at radius 2 is 1.48 bits per heavy atom. The predicted octanol–water partition coefficient (Wildman–Crippen LogP) is 5.95. The van der Waals surface area contributed by atoms with Gasteiger partial charge < -0.3 is 15.2 Å². The smallest absolute Gasteiger partial charge is 0.316 e. The zero-order valence-corrected chi connectivity index (χ0v) is 18.6. The SMILES string of the molecule is CCCCCCCCCCCCCCCCc1nc(OCC2CCN2)ncc1O. The predicted molar refractivity (Wildman–Crippen MR) is 120 cm³/mol. The molecule has 1 atom stereocenters. The molecule has 0 spiro atoms. The lowest BCUT2D eigenvalue weighted by Gasteiger charge is -2.26. The fourth-order valence-electron chi connectivity index (χ4n) is 3.80. The zero-order chi connectivity index (χ0) is 20.6. The van der Waals surface area contributed by atoms with Crippen LogP contribution in [0.2, 0.25) is 0 Å². The Labute approximate surface area is 178 Å². The highest BCUT2D eigenvalue weighted by atomic mass is 16.5. The molecule has 2 heterocycles. The maximum atomic E-state index is 9.98. The van der Waals surface area contributed by atoms with Crippen molar-refractivity contribution in [2.24, 2.45) is 0 Å². The molecule has 1 unspecified atom stereocenters. The summed E-state index contributed by atoms with van der Waals surface area (Å²) in [4.78, 5) is 8.47. The maximum Gasteiger partial charge on any atom is 0.316 e. The average molecular weight is 406 g/mol. The van der Waals surface area contributed by atoms with E-state index in [1.54, 1.807) is 0 Å². The first kappa shape index (κ1) is 23.9. The van der Waals surface area contributed by atoms with Crippen LogP contribution in [0.3, 0.4) is 0 Å². The number of rotatable bonds is 18. The minimum Gasteiger partial charge on any atom is -0.504 e. The number of hydrogen-bond acceptors (Lipinski definition) is 5. The molecular weight excluding hydrogens is 362 g/mol. The number of aryl methyl sites for hydroxylation is 1. The first-order valence-corrected chi connectivity index (χ1v) is 12.2. The molecular formula is C24H43N3O2. The van der Waals surface area contributed by atoms with Crippen molar-refractivity contribution in [1.29, 1.82) is 0 Å². The third-order valence-electron chi connectivity index (χ3n) is 5.93. The Morgan fingerprint density at radius 3 is 2.00 bits per heavy atom. The summed E-state index contributed by atoms with van der Waals surface area (Å²) in [6.07, 6.45) is 22.3. The molecule has 1 saturated heterocycles. The topological polar surface area (TPSA) is 67.3 Å². The van der Waals surface area contributed by atoms with E-state index in [9.17, 15) is 5.11 Å². The molecule has 2 N–H and O–H groups in total. The molecule has 1 aromatic rings. The summed E-state index contributed by atoms with van der Waals surface area (Å²) in [6, 6.07) is 0.804. The molecule has 29 heavy (non-hydrogen) atoms. The molecule has 0 saturated carbocycles. The number of nitrogens with one attached hydrogen (secondary N) is 1. The largest absolute Gasteiger partial charge is 0.504 e. The van der Waals surface area contributed by atoms with Gasteiger partial charge in [-0.15, -0.1) is 0 Å². The molecule has 0 radical (unpaired) electrons. The molecule has 1 fully saturated rings. The van der Waals surface area contributed by atoms with Crippen molar-refractivity contribution >= 4 is 0 Å². The monoisotopic (exact) mass is 405 g/mol. The fourth-order valence-corrected chi connectivity index (χ4v) is 3.80. The zero-order valence-electron chi connectivity index (χ0n) is 18.6. The molecule has 0 aliphatic carbocycles. The molecule has 2 rings (SSSR count). The van der Waals surface area contributed by atoms with E-state index in [-0.39, 0.29) is 5.75 Å². The van der Waals surface area contributed by atoms with Crippen LogP contribution in [-0.4, -0.2) is 34.3 Å². The van der Waals surface area contributed by atoms with Crippen molar-refractivity contribution in [1.82, 2.24) is 15.3 Å². The summed E-state index contributed by atoms with van der Waals surface area (Å²) < 4.78 is 5.63.